The summed E-state index contributed by atoms with van der Waals surface area (Å²) in [7, 11) is 1.70. The van der Waals surface area contributed by atoms with E-state index in [1.54, 1.807) is 18.4 Å². The maximum atomic E-state index is 5.80. The minimum atomic E-state index is 0.513. The van der Waals surface area contributed by atoms with E-state index in [-0.39, 0.29) is 0 Å². The van der Waals surface area contributed by atoms with Crippen molar-refractivity contribution in [3.63, 3.8) is 0 Å². The first-order valence-corrected chi connectivity index (χ1v) is 7.93. The molecule has 0 fully saturated rings. The lowest BCUT2D eigenvalue weighted by atomic mass is 10.2. The summed E-state index contributed by atoms with van der Waals surface area (Å²) < 4.78 is 5.20. The van der Waals surface area contributed by atoms with Gasteiger partial charge in [0.2, 0.25) is 0 Å². The van der Waals surface area contributed by atoms with Crippen LogP contribution in [0.2, 0.25) is 0 Å². The van der Waals surface area contributed by atoms with Crippen LogP contribution in [0.4, 0.5) is 5.13 Å². The Morgan fingerprint density at radius 2 is 2.16 bits per heavy atom. The van der Waals surface area contributed by atoms with Crippen molar-refractivity contribution in [2.24, 2.45) is 5.73 Å². The monoisotopic (exact) mass is 285 g/mol. The van der Waals surface area contributed by atoms with E-state index >= 15 is 0 Å². The van der Waals surface area contributed by atoms with E-state index in [0.717, 1.165) is 28.7 Å². The summed E-state index contributed by atoms with van der Waals surface area (Å²) in [6, 6.07) is 0.513. The summed E-state index contributed by atoms with van der Waals surface area (Å²) >= 11 is 1.71. The van der Waals surface area contributed by atoms with Gasteiger partial charge in [0, 0.05) is 31.1 Å². The number of anilines is 1. The summed E-state index contributed by atoms with van der Waals surface area (Å²) in [5.74, 6) is 0. The molecule has 0 bridgehead atoms. The predicted octanol–water partition coefficient (Wildman–Crippen LogP) is 3.15. The van der Waals surface area contributed by atoms with Gasteiger partial charge < -0.3 is 15.4 Å². The molecule has 0 aliphatic rings. The Hall–Kier alpha value is -0.650. The molecule has 1 rings (SSSR count). The topological polar surface area (TPSA) is 51.4 Å². The number of ether oxygens (including phenoxy) is 1. The number of hydrogen-bond acceptors (Lipinski definition) is 5. The van der Waals surface area contributed by atoms with Crippen LogP contribution >= 0.6 is 11.3 Å². The lowest BCUT2D eigenvalue weighted by molar-refractivity contribution is 0.181. The van der Waals surface area contributed by atoms with E-state index in [0.29, 0.717) is 19.2 Å². The Labute approximate surface area is 121 Å². The summed E-state index contributed by atoms with van der Waals surface area (Å²) in [6.45, 7) is 8.85. The van der Waals surface area contributed by atoms with Crippen LogP contribution in [0.5, 0.6) is 0 Å². The molecular formula is C14H27N3OS. The van der Waals surface area contributed by atoms with Gasteiger partial charge in [0.1, 0.15) is 0 Å². The molecule has 1 aromatic heterocycles. The first kappa shape index (κ1) is 16.4. The number of nitrogens with zero attached hydrogens (tertiary/aromatic N) is 2. The third kappa shape index (κ3) is 4.44. The quantitative estimate of drug-likeness (QED) is 0.757. The summed E-state index contributed by atoms with van der Waals surface area (Å²) in [5, 5.41) is 1.09. The molecule has 1 aromatic rings. The molecule has 0 aliphatic carbocycles. The fourth-order valence-corrected chi connectivity index (χ4v) is 3.03. The zero-order chi connectivity index (χ0) is 14.3. The number of methoxy groups -OCH3 is 1. The van der Waals surface area contributed by atoms with Crippen molar-refractivity contribution in [2.45, 2.75) is 59.2 Å². The summed E-state index contributed by atoms with van der Waals surface area (Å²) in [4.78, 5) is 8.28. The fraction of sp³-hybridized carbons (Fsp3) is 0.786. The number of nitrogens with two attached hydrogens (primary N) is 1. The third-order valence-corrected chi connectivity index (χ3v) is 4.51. The molecule has 110 valence electrons. The normalized spacial score (nSPS) is 12.7. The van der Waals surface area contributed by atoms with E-state index in [2.05, 4.69) is 25.7 Å². The van der Waals surface area contributed by atoms with Crippen molar-refractivity contribution in [2.75, 3.05) is 18.6 Å². The number of thiazole rings is 1. The van der Waals surface area contributed by atoms with Gasteiger partial charge in [0.25, 0.3) is 0 Å². The molecular weight excluding hydrogens is 258 g/mol. The minimum Gasteiger partial charge on any atom is -0.378 e. The van der Waals surface area contributed by atoms with Crippen molar-refractivity contribution in [1.82, 2.24) is 4.98 Å². The second-order valence-corrected chi connectivity index (χ2v) is 5.87. The minimum absolute atomic E-state index is 0.513. The van der Waals surface area contributed by atoms with Crippen LogP contribution in [0.3, 0.4) is 0 Å². The zero-order valence-electron chi connectivity index (χ0n) is 12.6. The van der Waals surface area contributed by atoms with Gasteiger partial charge in [-0.2, -0.15) is 0 Å². The Balaban J connectivity index is 2.94. The molecule has 0 aliphatic heterocycles. The number of hydrogen-bond donors (Lipinski definition) is 1. The van der Waals surface area contributed by atoms with Crippen molar-refractivity contribution in [3.05, 3.63) is 10.6 Å². The molecule has 0 saturated heterocycles. The maximum Gasteiger partial charge on any atom is 0.186 e. The average molecular weight is 285 g/mol. The van der Waals surface area contributed by atoms with E-state index < -0.39 is 0 Å². The highest BCUT2D eigenvalue weighted by atomic mass is 32.1. The highest BCUT2D eigenvalue weighted by Crippen LogP contribution is 2.29. The molecule has 0 radical (unpaired) electrons. The van der Waals surface area contributed by atoms with E-state index in [9.17, 15) is 0 Å². The van der Waals surface area contributed by atoms with Crippen LogP contribution in [0.25, 0.3) is 0 Å². The molecule has 1 heterocycles. The second-order valence-electron chi connectivity index (χ2n) is 4.81. The van der Waals surface area contributed by atoms with Gasteiger partial charge in [-0.3, -0.25) is 0 Å². The first-order chi connectivity index (χ1) is 9.17. The lowest BCUT2D eigenvalue weighted by Crippen LogP contribution is -2.33. The molecule has 1 atom stereocenters. The highest BCUT2D eigenvalue weighted by molar-refractivity contribution is 7.15. The predicted molar refractivity (Wildman–Crippen MR) is 82.7 cm³/mol. The second kappa shape index (κ2) is 8.51. The lowest BCUT2D eigenvalue weighted by Gasteiger charge is -2.28. The fourth-order valence-electron chi connectivity index (χ4n) is 1.95. The number of unbranched alkanes of at least 4 members (excludes halogenated alkanes) is 1. The third-order valence-electron chi connectivity index (χ3n) is 3.35. The summed E-state index contributed by atoms with van der Waals surface area (Å²) in [6.07, 6.45) is 3.52. The van der Waals surface area contributed by atoms with Gasteiger partial charge in [-0.15, -0.1) is 11.3 Å². The molecule has 0 amide bonds. The van der Waals surface area contributed by atoms with Crippen LogP contribution in [0.1, 0.15) is 50.6 Å². The molecule has 2 N–H and O–H groups in total. The molecule has 4 nitrogen and oxygen atoms in total. The van der Waals surface area contributed by atoms with Crippen LogP contribution in [-0.2, 0) is 17.9 Å². The van der Waals surface area contributed by atoms with Crippen molar-refractivity contribution in [1.29, 1.82) is 0 Å². The van der Waals surface area contributed by atoms with Gasteiger partial charge in [-0.1, -0.05) is 20.3 Å². The largest absolute Gasteiger partial charge is 0.378 e. The highest BCUT2D eigenvalue weighted by Gasteiger charge is 2.18. The number of aromatic nitrogens is 1. The van der Waals surface area contributed by atoms with Crippen LogP contribution < -0.4 is 10.6 Å². The van der Waals surface area contributed by atoms with E-state index in [1.807, 2.05) is 0 Å². The Morgan fingerprint density at radius 1 is 1.42 bits per heavy atom. The molecule has 19 heavy (non-hydrogen) atoms. The molecule has 1 unspecified atom stereocenters. The van der Waals surface area contributed by atoms with Crippen LogP contribution in [-0.4, -0.2) is 24.7 Å². The summed E-state index contributed by atoms with van der Waals surface area (Å²) in [5.41, 5.74) is 6.79. The van der Waals surface area contributed by atoms with Gasteiger partial charge in [-0.25, -0.2) is 4.98 Å². The smallest absolute Gasteiger partial charge is 0.186 e. The standard InChI is InChI=1S/C14H27N3OS/c1-5-7-8-17(11(3)6-2)14-16-12(10-18-4)13(9-15)19-14/h11H,5-10,15H2,1-4H3. The van der Waals surface area contributed by atoms with Crippen LogP contribution in [0, 0.1) is 0 Å². The molecule has 5 heteroatoms. The Bertz CT molecular complexity index is 368. The Morgan fingerprint density at radius 3 is 2.68 bits per heavy atom. The van der Waals surface area contributed by atoms with Crippen molar-refractivity contribution < 1.29 is 4.74 Å². The van der Waals surface area contributed by atoms with Crippen LogP contribution in [0.15, 0.2) is 0 Å². The van der Waals surface area contributed by atoms with Crippen molar-refractivity contribution in [3.8, 4) is 0 Å². The van der Waals surface area contributed by atoms with Gasteiger partial charge in [0.15, 0.2) is 5.13 Å². The molecule has 0 saturated carbocycles. The van der Waals surface area contributed by atoms with E-state index in [1.165, 1.54) is 12.8 Å². The van der Waals surface area contributed by atoms with Gasteiger partial charge in [-0.05, 0) is 19.8 Å². The SMILES string of the molecule is CCCCN(c1nc(COC)c(CN)s1)C(C)CC. The molecule has 0 aromatic carbocycles. The Kier molecular flexibility index (Phi) is 7.34. The number of rotatable bonds is 9. The van der Waals surface area contributed by atoms with Crippen molar-refractivity contribution >= 4 is 16.5 Å². The van der Waals surface area contributed by atoms with Gasteiger partial charge >= 0.3 is 0 Å². The molecule has 0 spiro atoms. The zero-order valence-corrected chi connectivity index (χ0v) is 13.4. The van der Waals surface area contributed by atoms with Gasteiger partial charge in [0.05, 0.1) is 12.3 Å². The van der Waals surface area contributed by atoms with E-state index in [4.69, 9.17) is 15.5 Å². The average Bonchev–Trinajstić information content (AvgIpc) is 2.82. The maximum absolute atomic E-state index is 5.80. The first-order valence-electron chi connectivity index (χ1n) is 7.12.